The van der Waals surface area contributed by atoms with E-state index in [1.54, 1.807) is 26.8 Å². The molecule has 0 atom stereocenters. The Balaban J connectivity index is 2.40. The molecular weight excluding hydrogens is 353 g/mol. The summed E-state index contributed by atoms with van der Waals surface area (Å²) in [5, 5.41) is 11.2. The Morgan fingerprint density at radius 3 is 2.48 bits per heavy atom. The number of alkyl carbamates (subject to hydrolysis) is 1. The number of aliphatic imine (C=N–C) groups is 1. The highest BCUT2D eigenvalue weighted by atomic mass is 19.1. The maximum Gasteiger partial charge on any atom is 0.407 e. The molecule has 1 aromatic carbocycles. The zero-order chi connectivity index (χ0) is 20.3. The SMILES string of the molecule is CCNC(=NCC(=O)Nc1cccc(F)c1)NCCNC(=O)OC(C)(C)C. The van der Waals surface area contributed by atoms with Crippen molar-refractivity contribution in [3.8, 4) is 0 Å². The van der Waals surface area contributed by atoms with Crippen LogP contribution in [0.2, 0.25) is 0 Å². The van der Waals surface area contributed by atoms with Gasteiger partial charge in [-0.25, -0.2) is 14.2 Å². The maximum absolute atomic E-state index is 13.1. The molecule has 9 heteroatoms. The second-order valence-corrected chi connectivity index (χ2v) is 6.61. The molecule has 0 radical (unpaired) electrons. The van der Waals surface area contributed by atoms with E-state index in [1.807, 2.05) is 6.92 Å². The minimum atomic E-state index is -0.553. The molecule has 150 valence electrons. The van der Waals surface area contributed by atoms with Crippen molar-refractivity contribution in [3.05, 3.63) is 30.1 Å². The Morgan fingerprint density at radius 1 is 1.15 bits per heavy atom. The Kier molecular flexibility index (Phi) is 9.04. The number of hydrogen-bond donors (Lipinski definition) is 4. The van der Waals surface area contributed by atoms with Crippen molar-refractivity contribution in [2.24, 2.45) is 4.99 Å². The lowest BCUT2D eigenvalue weighted by molar-refractivity contribution is -0.114. The summed E-state index contributed by atoms with van der Waals surface area (Å²) < 4.78 is 18.2. The largest absolute Gasteiger partial charge is 0.444 e. The lowest BCUT2D eigenvalue weighted by Gasteiger charge is -2.19. The monoisotopic (exact) mass is 381 g/mol. The molecular formula is C18H28FN5O3. The smallest absolute Gasteiger partial charge is 0.407 e. The second kappa shape index (κ2) is 11.0. The minimum Gasteiger partial charge on any atom is -0.444 e. The van der Waals surface area contributed by atoms with Crippen molar-refractivity contribution < 1.29 is 18.7 Å². The molecule has 0 unspecified atom stereocenters. The van der Waals surface area contributed by atoms with Gasteiger partial charge in [-0.05, 0) is 45.9 Å². The van der Waals surface area contributed by atoms with Crippen LogP contribution in [0.15, 0.2) is 29.3 Å². The van der Waals surface area contributed by atoms with Crippen LogP contribution >= 0.6 is 0 Å². The molecule has 0 saturated heterocycles. The van der Waals surface area contributed by atoms with Gasteiger partial charge < -0.3 is 26.0 Å². The summed E-state index contributed by atoms with van der Waals surface area (Å²) in [4.78, 5) is 27.6. The third-order valence-corrected chi connectivity index (χ3v) is 2.92. The summed E-state index contributed by atoms with van der Waals surface area (Å²) in [5.74, 6) is -0.369. The summed E-state index contributed by atoms with van der Waals surface area (Å²) in [7, 11) is 0. The van der Waals surface area contributed by atoms with Gasteiger partial charge in [-0.2, -0.15) is 0 Å². The van der Waals surface area contributed by atoms with Gasteiger partial charge in [0.2, 0.25) is 5.91 Å². The number of halogens is 1. The first-order valence-electron chi connectivity index (χ1n) is 8.74. The number of anilines is 1. The lowest BCUT2D eigenvalue weighted by Crippen LogP contribution is -2.42. The van der Waals surface area contributed by atoms with Gasteiger partial charge in [0.1, 0.15) is 18.0 Å². The number of nitrogens with one attached hydrogen (secondary N) is 4. The standard InChI is InChI=1S/C18H28FN5O3/c1-5-20-16(21-9-10-22-17(26)27-18(2,3)4)23-12-15(25)24-14-8-6-7-13(19)11-14/h6-8,11H,5,9-10,12H2,1-4H3,(H,22,26)(H,24,25)(H2,20,21,23). The molecule has 0 heterocycles. The van der Waals surface area contributed by atoms with Gasteiger partial charge in [0.25, 0.3) is 0 Å². The predicted octanol–water partition coefficient (Wildman–Crippen LogP) is 1.84. The molecule has 0 aliphatic carbocycles. The highest BCUT2D eigenvalue weighted by Gasteiger charge is 2.15. The predicted molar refractivity (Wildman–Crippen MR) is 103 cm³/mol. The molecule has 1 aromatic rings. The molecule has 8 nitrogen and oxygen atoms in total. The highest BCUT2D eigenvalue weighted by molar-refractivity contribution is 5.94. The maximum atomic E-state index is 13.1. The van der Waals surface area contributed by atoms with Gasteiger partial charge >= 0.3 is 6.09 Å². The van der Waals surface area contributed by atoms with Gasteiger partial charge in [0, 0.05) is 25.3 Å². The Bertz CT molecular complexity index is 659. The molecule has 0 aliphatic rings. The molecule has 1 rings (SSSR count). The number of nitrogens with zero attached hydrogens (tertiary/aromatic N) is 1. The zero-order valence-corrected chi connectivity index (χ0v) is 16.2. The van der Waals surface area contributed by atoms with Gasteiger partial charge in [-0.15, -0.1) is 0 Å². The fourth-order valence-electron chi connectivity index (χ4n) is 1.92. The van der Waals surface area contributed by atoms with Crippen LogP contribution in [0.25, 0.3) is 0 Å². The van der Waals surface area contributed by atoms with E-state index in [0.717, 1.165) is 0 Å². The summed E-state index contributed by atoms with van der Waals surface area (Å²) in [5.41, 5.74) is -0.183. The zero-order valence-electron chi connectivity index (χ0n) is 16.2. The normalized spacial score (nSPS) is 11.5. The Hall–Kier alpha value is -2.84. The van der Waals surface area contributed by atoms with E-state index in [0.29, 0.717) is 31.3 Å². The number of benzene rings is 1. The van der Waals surface area contributed by atoms with Gasteiger partial charge in [-0.3, -0.25) is 4.79 Å². The minimum absolute atomic E-state index is 0.134. The molecule has 4 N–H and O–H groups in total. The first kappa shape index (κ1) is 22.2. The number of guanidine groups is 1. The van der Waals surface area contributed by atoms with E-state index in [2.05, 4.69) is 26.3 Å². The van der Waals surface area contributed by atoms with Crippen LogP contribution in [0.4, 0.5) is 14.9 Å². The van der Waals surface area contributed by atoms with Crippen LogP contribution in [0, 0.1) is 5.82 Å². The number of rotatable bonds is 7. The van der Waals surface area contributed by atoms with E-state index in [9.17, 15) is 14.0 Å². The van der Waals surface area contributed by atoms with E-state index in [1.165, 1.54) is 18.2 Å². The fraction of sp³-hybridized carbons (Fsp3) is 0.500. The van der Waals surface area contributed by atoms with Crippen LogP contribution in [0.5, 0.6) is 0 Å². The second-order valence-electron chi connectivity index (χ2n) is 6.61. The van der Waals surface area contributed by atoms with Gasteiger partial charge in [0.05, 0.1) is 0 Å². The lowest BCUT2D eigenvalue weighted by atomic mass is 10.2. The summed E-state index contributed by atoms with van der Waals surface area (Å²) in [6.07, 6.45) is -0.499. The van der Waals surface area contributed by atoms with Crippen molar-refractivity contribution in [2.75, 3.05) is 31.5 Å². The van der Waals surface area contributed by atoms with Crippen molar-refractivity contribution in [1.29, 1.82) is 0 Å². The molecule has 0 spiro atoms. The molecule has 0 fully saturated rings. The third kappa shape index (κ3) is 10.7. The van der Waals surface area contributed by atoms with Crippen LogP contribution in [-0.4, -0.2) is 49.7 Å². The number of amides is 2. The number of ether oxygens (including phenoxy) is 1. The summed E-state index contributed by atoms with van der Waals surface area (Å²) >= 11 is 0. The van der Waals surface area contributed by atoms with Crippen molar-refractivity contribution in [1.82, 2.24) is 16.0 Å². The molecule has 0 aromatic heterocycles. The molecule has 0 saturated carbocycles. The average Bonchev–Trinajstić information content (AvgIpc) is 2.54. The first-order chi connectivity index (χ1) is 12.7. The number of hydrogen-bond acceptors (Lipinski definition) is 4. The van der Waals surface area contributed by atoms with E-state index >= 15 is 0 Å². The van der Waals surface area contributed by atoms with Gasteiger partial charge in [-0.1, -0.05) is 6.07 Å². The van der Waals surface area contributed by atoms with Crippen LogP contribution in [0.1, 0.15) is 27.7 Å². The Labute approximate surface area is 159 Å². The highest BCUT2D eigenvalue weighted by Crippen LogP contribution is 2.08. The molecule has 27 heavy (non-hydrogen) atoms. The fourth-order valence-corrected chi connectivity index (χ4v) is 1.92. The van der Waals surface area contributed by atoms with Crippen LogP contribution < -0.4 is 21.3 Å². The quantitative estimate of drug-likeness (QED) is 0.328. The third-order valence-electron chi connectivity index (χ3n) is 2.92. The average molecular weight is 381 g/mol. The van der Waals surface area contributed by atoms with E-state index in [4.69, 9.17) is 4.74 Å². The molecule has 2 amide bonds. The van der Waals surface area contributed by atoms with Crippen molar-refractivity contribution in [2.45, 2.75) is 33.3 Å². The van der Waals surface area contributed by atoms with Gasteiger partial charge in [0.15, 0.2) is 5.96 Å². The van der Waals surface area contributed by atoms with Crippen molar-refractivity contribution >= 4 is 23.6 Å². The van der Waals surface area contributed by atoms with E-state index < -0.39 is 17.5 Å². The van der Waals surface area contributed by atoms with E-state index in [-0.39, 0.29) is 12.5 Å². The summed E-state index contributed by atoms with van der Waals surface area (Å²) in [6.45, 7) is 8.46. The van der Waals surface area contributed by atoms with Crippen molar-refractivity contribution in [3.63, 3.8) is 0 Å². The number of carbonyl (C=O) groups is 2. The topological polar surface area (TPSA) is 104 Å². The molecule has 0 bridgehead atoms. The molecule has 0 aliphatic heterocycles. The number of carbonyl (C=O) groups excluding carboxylic acids is 2. The Morgan fingerprint density at radius 2 is 1.85 bits per heavy atom. The summed E-state index contributed by atoms with van der Waals surface area (Å²) in [6, 6.07) is 5.63. The first-order valence-corrected chi connectivity index (χ1v) is 8.74. The van der Waals surface area contributed by atoms with Crippen LogP contribution in [-0.2, 0) is 9.53 Å². The van der Waals surface area contributed by atoms with Crippen LogP contribution in [0.3, 0.4) is 0 Å².